The normalized spacial score (nSPS) is 19.4. The van der Waals surface area contributed by atoms with E-state index in [0.717, 1.165) is 25.2 Å². The number of rotatable bonds is 5. The van der Waals surface area contributed by atoms with Gasteiger partial charge in [-0.25, -0.2) is 0 Å². The van der Waals surface area contributed by atoms with Gasteiger partial charge in [-0.3, -0.25) is 4.79 Å². The Kier molecular flexibility index (Phi) is 5.36. The van der Waals surface area contributed by atoms with Gasteiger partial charge in [-0.15, -0.1) is 0 Å². The summed E-state index contributed by atoms with van der Waals surface area (Å²) in [5.41, 5.74) is 1.14. The summed E-state index contributed by atoms with van der Waals surface area (Å²) in [5.74, 6) is 0.196. The number of ether oxygens (including phenoxy) is 1. The zero-order valence-electron chi connectivity index (χ0n) is 11.5. The van der Waals surface area contributed by atoms with Gasteiger partial charge in [0.05, 0.1) is 19.6 Å². The minimum Gasteiger partial charge on any atom is -0.376 e. The molecule has 1 aromatic carbocycles. The first-order valence-corrected chi connectivity index (χ1v) is 6.89. The second-order valence-electron chi connectivity index (χ2n) is 4.93. The second-order valence-corrected chi connectivity index (χ2v) is 4.93. The summed E-state index contributed by atoms with van der Waals surface area (Å²) in [6.07, 6.45) is 0.469. The maximum atomic E-state index is 12.0. The van der Waals surface area contributed by atoms with Crippen molar-refractivity contribution in [2.75, 3.05) is 26.2 Å². The molecule has 1 aliphatic heterocycles. The van der Waals surface area contributed by atoms with Crippen molar-refractivity contribution in [3.8, 4) is 0 Å². The van der Waals surface area contributed by atoms with E-state index in [0.29, 0.717) is 19.6 Å². The van der Waals surface area contributed by atoms with Crippen LogP contribution in [0, 0.1) is 0 Å². The van der Waals surface area contributed by atoms with Crippen molar-refractivity contribution in [1.82, 2.24) is 10.2 Å². The maximum absolute atomic E-state index is 12.0. The molecule has 0 radical (unpaired) electrons. The number of carbonyl (C=O) groups is 1. The van der Waals surface area contributed by atoms with Gasteiger partial charge >= 0.3 is 0 Å². The van der Waals surface area contributed by atoms with E-state index in [2.05, 4.69) is 12.2 Å². The van der Waals surface area contributed by atoms with Gasteiger partial charge in [0.15, 0.2) is 0 Å². The number of carbonyl (C=O) groups excluding carboxylic acids is 1. The number of benzene rings is 1. The van der Waals surface area contributed by atoms with E-state index in [4.69, 9.17) is 4.74 Å². The zero-order chi connectivity index (χ0) is 13.5. The summed E-state index contributed by atoms with van der Waals surface area (Å²) in [4.78, 5) is 14.0. The van der Waals surface area contributed by atoms with Gasteiger partial charge in [-0.05, 0) is 12.5 Å². The van der Waals surface area contributed by atoms with Crippen molar-refractivity contribution >= 4 is 5.91 Å². The number of nitrogens with zero attached hydrogens (tertiary/aromatic N) is 1. The third kappa shape index (κ3) is 4.33. The van der Waals surface area contributed by atoms with Crippen LogP contribution in [0.5, 0.6) is 0 Å². The molecule has 4 nitrogen and oxygen atoms in total. The first-order chi connectivity index (χ1) is 9.27. The summed E-state index contributed by atoms with van der Waals surface area (Å²) in [6.45, 7) is 5.72. The van der Waals surface area contributed by atoms with Crippen LogP contribution < -0.4 is 5.32 Å². The molecule has 2 rings (SSSR count). The Morgan fingerprint density at radius 2 is 2.21 bits per heavy atom. The maximum Gasteiger partial charge on any atom is 0.225 e. The van der Waals surface area contributed by atoms with Crippen LogP contribution in [-0.4, -0.2) is 43.1 Å². The highest BCUT2D eigenvalue weighted by Crippen LogP contribution is 2.06. The molecule has 0 aliphatic carbocycles. The summed E-state index contributed by atoms with van der Waals surface area (Å²) in [6, 6.07) is 10.3. The van der Waals surface area contributed by atoms with E-state index in [9.17, 15) is 4.79 Å². The summed E-state index contributed by atoms with van der Waals surface area (Å²) in [5, 5.41) is 3.28. The molecule has 4 heteroatoms. The summed E-state index contributed by atoms with van der Waals surface area (Å²) in [7, 11) is 0. The van der Waals surface area contributed by atoms with Gasteiger partial charge in [0.25, 0.3) is 0 Å². The summed E-state index contributed by atoms with van der Waals surface area (Å²) >= 11 is 0. The topological polar surface area (TPSA) is 41.6 Å². The van der Waals surface area contributed by atoms with Crippen molar-refractivity contribution in [3.63, 3.8) is 0 Å². The average molecular weight is 262 g/mol. The van der Waals surface area contributed by atoms with Crippen molar-refractivity contribution in [3.05, 3.63) is 35.9 Å². The molecule has 0 spiro atoms. The molecule has 1 atom stereocenters. The van der Waals surface area contributed by atoms with Gasteiger partial charge in [-0.2, -0.15) is 0 Å². The number of piperazine rings is 1. The average Bonchev–Trinajstić information content (AvgIpc) is 2.45. The van der Waals surface area contributed by atoms with Crippen molar-refractivity contribution in [1.29, 1.82) is 0 Å². The van der Waals surface area contributed by atoms with Crippen LogP contribution in [0.2, 0.25) is 0 Å². The Labute approximate surface area is 114 Å². The number of hydrogen-bond donors (Lipinski definition) is 1. The predicted octanol–water partition coefficient (Wildman–Crippen LogP) is 1.41. The Bertz CT molecular complexity index is 394. The van der Waals surface area contributed by atoms with Crippen LogP contribution >= 0.6 is 0 Å². The Hall–Kier alpha value is -1.39. The van der Waals surface area contributed by atoms with Gasteiger partial charge in [0, 0.05) is 25.7 Å². The lowest BCUT2D eigenvalue weighted by Crippen LogP contribution is -2.52. The van der Waals surface area contributed by atoms with Crippen LogP contribution in [0.4, 0.5) is 0 Å². The molecule has 1 saturated heterocycles. The molecular formula is C15H22N2O2. The van der Waals surface area contributed by atoms with Crippen molar-refractivity contribution in [2.24, 2.45) is 0 Å². The van der Waals surface area contributed by atoms with E-state index < -0.39 is 0 Å². The predicted molar refractivity (Wildman–Crippen MR) is 74.8 cm³/mol. The molecule has 1 fully saturated rings. The number of nitrogens with one attached hydrogen (secondary N) is 1. The lowest BCUT2D eigenvalue weighted by atomic mass is 10.2. The zero-order valence-corrected chi connectivity index (χ0v) is 11.5. The molecule has 0 bridgehead atoms. The van der Waals surface area contributed by atoms with Crippen molar-refractivity contribution in [2.45, 2.75) is 26.0 Å². The van der Waals surface area contributed by atoms with E-state index in [-0.39, 0.29) is 11.9 Å². The second kappa shape index (κ2) is 7.26. The van der Waals surface area contributed by atoms with E-state index >= 15 is 0 Å². The minimum absolute atomic E-state index is 0.196. The lowest BCUT2D eigenvalue weighted by molar-refractivity contribution is -0.135. The van der Waals surface area contributed by atoms with Crippen molar-refractivity contribution < 1.29 is 9.53 Å². The third-order valence-corrected chi connectivity index (χ3v) is 3.39. The van der Waals surface area contributed by atoms with Gasteiger partial charge in [0.1, 0.15) is 0 Å². The molecule has 19 heavy (non-hydrogen) atoms. The molecule has 1 amide bonds. The highest BCUT2D eigenvalue weighted by atomic mass is 16.5. The Morgan fingerprint density at radius 1 is 1.42 bits per heavy atom. The lowest BCUT2D eigenvalue weighted by Gasteiger charge is -2.34. The molecule has 1 aromatic rings. The molecule has 0 unspecified atom stereocenters. The SMILES string of the molecule is C[C@H]1CNCCN1C(=O)CCOCc1ccccc1. The monoisotopic (exact) mass is 262 g/mol. The molecular weight excluding hydrogens is 240 g/mol. The molecule has 1 N–H and O–H groups in total. The quantitative estimate of drug-likeness (QED) is 0.816. The van der Waals surface area contributed by atoms with Crippen LogP contribution in [0.3, 0.4) is 0 Å². The fourth-order valence-corrected chi connectivity index (χ4v) is 2.28. The van der Waals surface area contributed by atoms with Gasteiger partial charge in [0.2, 0.25) is 5.91 Å². The molecule has 1 aliphatic rings. The number of hydrogen-bond acceptors (Lipinski definition) is 3. The fraction of sp³-hybridized carbons (Fsp3) is 0.533. The highest BCUT2D eigenvalue weighted by Gasteiger charge is 2.22. The first kappa shape index (κ1) is 14.0. The summed E-state index contributed by atoms with van der Waals surface area (Å²) < 4.78 is 5.55. The molecule has 104 valence electrons. The van der Waals surface area contributed by atoms with Crippen LogP contribution in [0.15, 0.2) is 30.3 Å². The van der Waals surface area contributed by atoms with E-state index in [1.54, 1.807) is 0 Å². The highest BCUT2D eigenvalue weighted by molar-refractivity contribution is 5.76. The Balaban J connectivity index is 1.66. The van der Waals surface area contributed by atoms with Gasteiger partial charge in [-0.1, -0.05) is 30.3 Å². The van der Waals surface area contributed by atoms with E-state index in [1.807, 2.05) is 35.2 Å². The molecule has 0 aromatic heterocycles. The minimum atomic E-state index is 0.196. The van der Waals surface area contributed by atoms with Gasteiger partial charge < -0.3 is 15.0 Å². The Morgan fingerprint density at radius 3 is 2.95 bits per heavy atom. The van der Waals surface area contributed by atoms with E-state index in [1.165, 1.54) is 0 Å². The largest absolute Gasteiger partial charge is 0.376 e. The van der Waals surface area contributed by atoms with Crippen LogP contribution in [0.25, 0.3) is 0 Å². The molecule has 1 heterocycles. The third-order valence-electron chi connectivity index (χ3n) is 3.39. The smallest absolute Gasteiger partial charge is 0.225 e. The van der Waals surface area contributed by atoms with Crippen LogP contribution in [0.1, 0.15) is 18.9 Å². The number of amides is 1. The van der Waals surface area contributed by atoms with Crippen LogP contribution in [-0.2, 0) is 16.1 Å². The fourth-order valence-electron chi connectivity index (χ4n) is 2.28. The standard InChI is InChI=1S/C15H22N2O2/c1-13-11-16-8-9-17(13)15(18)7-10-19-12-14-5-3-2-4-6-14/h2-6,13,16H,7-12H2,1H3/t13-/m0/s1. The molecule has 0 saturated carbocycles. The first-order valence-electron chi connectivity index (χ1n) is 6.89.